The molecule has 1 atom stereocenters. The molecule has 102 valence electrons. The Labute approximate surface area is 109 Å². The van der Waals surface area contributed by atoms with Crippen molar-refractivity contribution in [1.29, 1.82) is 0 Å². The highest BCUT2D eigenvalue weighted by molar-refractivity contribution is 5.21. The predicted molar refractivity (Wildman–Crippen MR) is 71.6 cm³/mol. The second-order valence-electron chi connectivity index (χ2n) is 5.10. The summed E-state index contributed by atoms with van der Waals surface area (Å²) in [5.41, 5.74) is 0. The number of rotatable bonds is 7. The smallest absolute Gasteiger partial charge is 0.263 e. The highest BCUT2D eigenvalue weighted by atomic mass is 16.5. The molecule has 0 saturated carbocycles. The van der Waals surface area contributed by atoms with Gasteiger partial charge in [-0.05, 0) is 43.4 Å². The van der Waals surface area contributed by atoms with Gasteiger partial charge in [0, 0.05) is 19.5 Å². The lowest BCUT2D eigenvalue weighted by atomic mass is 10.1. The zero-order valence-corrected chi connectivity index (χ0v) is 11.5. The van der Waals surface area contributed by atoms with Gasteiger partial charge in [-0.25, -0.2) is 0 Å². The molecule has 5 nitrogen and oxygen atoms in total. The van der Waals surface area contributed by atoms with Crippen LogP contribution in [0, 0.1) is 5.92 Å². The van der Waals surface area contributed by atoms with Crippen molar-refractivity contribution in [3.05, 3.63) is 5.89 Å². The van der Waals surface area contributed by atoms with Crippen molar-refractivity contribution in [3.63, 3.8) is 0 Å². The first-order valence-electron chi connectivity index (χ1n) is 7.10. The van der Waals surface area contributed by atoms with Crippen molar-refractivity contribution in [2.45, 2.75) is 39.5 Å². The molecule has 1 aromatic heterocycles. The summed E-state index contributed by atoms with van der Waals surface area (Å²) < 4.78 is 5.15. The number of aromatic nitrogens is 2. The topological polar surface area (TPSA) is 54.2 Å². The molecule has 0 radical (unpaired) electrons. The van der Waals surface area contributed by atoms with Crippen molar-refractivity contribution in [3.8, 4) is 0 Å². The Morgan fingerprint density at radius 1 is 1.39 bits per heavy atom. The molecule has 1 aliphatic heterocycles. The maximum absolute atomic E-state index is 5.15. The van der Waals surface area contributed by atoms with Crippen molar-refractivity contribution < 1.29 is 4.52 Å². The van der Waals surface area contributed by atoms with Crippen molar-refractivity contribution >= 4 is 5.95 Å². The predicted octanol–water partition coefficient (Wildman–Crippen LogP) is 2.17. The largest absolute Gasteiger partial charge is 0.351 e. The minimum absolute atomic E-state index is 0.646. The molecule has 2 rings (SSSR count). The van der Waals surface area contributed by atoms with E-state index in [9.17, 15) is 0 Å². The average molecular weight is 252 g/mol. The fourth-order valence-electron chi connectivity index (χ4n) is 2.48. The van der Waals surface area contributed by atoms with Gasteiger partial charge in [0.05, 0.1) is 0 Å². The molecule has 0 unspecified atom stereocenters. The van der Waals surface area contributed by atoms with E-state index in [0.717, 1.165) is 25.3 Å². The summed E-state index contributed by atoms with van der Waals surface area (Å²) in [6.07, 6.45) is 4.41. The van der Waals surface area contributed by atoms with E-state index in [-0.39, 0.29) is 0 Å². The van der Waals surface area contributed by atoms with E-state index in [1.165, 1.54) is 32.5 Å². The summed E-state index contributed by atoms with van der Waals surface area (Å²) in [6.45, 7) is 8.94. The standard InChI is InChI=1S/C13H24N4O/c1-3-5-12-15-13(16-18-12)14-9-11-6-8-17(10-11)7-4-2/h11H,3-10H2,1-2H3,(H,14,16)/t11-/m1/s1. The third-order valence-electron chi connectivity index (χ3n) is 3.39. The molecule has 0 aliphatic carbocycles. The molecule has 1 saturated heterocycles. The highest BCUT2D eigenvalue weighted by Gasteiger charge is 2.21. The van der Waals surface area contributed by atoms with Crippen LogP contribution in [0.25, 0.3) is 0 Å². The Hall–Kier alpha value is -1.10. The van der Waals surface area contributed by atoms with Gasteiger partial charge in [0.1, 0.15) is 0 Å². The van der Waals surface area contributed by atoms with Gasteiger partial charge in [-0.15, -0.1) is 0 Å². The summed E-state index contributed by atoms with van der Waals surface area (Å²) in [6, 6.07) is 0. The lowest BCUT2D eigenvalue weighted by Crippen LogP contribution is -2.23. The minimum atomic E-state index is 0.646. The van der Waals surface area contributed by atoms with E-state index in [1.54, 1.807) is 0 Å². The van der Waals surface area contributed by atoms with Crippen LogP contribution in [0.2, 0.25) is 0 Å². The van der Waals surface area contributed by atoms with E-state index in [0.29, 0.717) is 11.9 Å². The first-order valence-corrected chi connectivity index (χ1v) is 7.10. The molecular formula is C13H24N4O. The van der Waals surface area contributed by atoms with Crippen molar-refractivity contribution in [2.75, 3.05) is 31.5 Å². The number of likely N-dealkylation sites (tertiary alicyclic amines) is 1. The molecule has 0 amide bonds. The minimum Gasteiger partial charge on any atom is -0.351 e. The van der Waals surface area contributed by atoms with Gasteiger partial charge in [-0.1, -0.05) is 13.8 Å². The van der Waals surface area contributed by atoms with Gasteiger partial charge in [-0.3, -0.25) is 0 Å². The number of nitrogens with one attached hydrogen (secondary N) is 1. The molecule has 0 aromatic carbocycles. The van der Waals surface area contributed by atoms with E-state index in [4.69, 9.17) is 4.52 Å². The monoisotopic (exact) mass is 252 g/mol. The van der Waals surface area contributed by atoms with Crippen molar-refractivity contribution in [1.82, 2.24) is 15.0 Å². The lowest BCUT2D eigenvalue weighted by Gasteiger charge is -2.14. The molecule has 0 bridgehead atoms. The quantitative estimate of drug-likeness (QED) is 0.806. The summed E-state index contributed by atoms with van der Waals surface area (Å²) in [5, 5.41) is 7.23. The van der Waals surface area contributed by atoms with Crippen LogP contribution in [0.5, 0.6) is 0 Å². The van der Waals surface area contributed by atoms with Crippen LogP contribution in [0.15, 0.2) is 4.52 Å². The van der Waals surface area contributed by atoms with Crippen LogP contribution < -0.4 is 5.32 Å². The zero-order valence-electron chi connectivity index (χ0n) is 11.5. The second-order valence-corrected chi connectivity index (χ2v) is 5.10. The molecule has 18 heavy (non-hydrogen) atoms. The number of aryl methyl sites for hydroxylation is 1. The zero-order chi connectivity index (χ0) is 12.8. The van der Waals surface area contributed by atoms with Crippen LogP contribution in [0.1, 0.15) is 39.0 Å². The summed E-state index contributed by atoms with van der Waals surface area (Å²) >= 11 is 0. The molecule has 0 spiro atoms. The fraction of sp³-hybridized carbons (Fsp3) is 0.846. The van der Waals surface area contributed by atoms with Crippen LogP contribution >= 0.6 is 0 Å². The first kappa shape index (κ1) is 13.3. The van der Waals surface area contributed by atoms with Gasteiger partial charge < -0.3 is 14.7 Å². The van der Waals surface area contributed by atoms with E-state index in [1.807, 2.05) is 0 Å². The fourth-order valence-corrected chi connectivity index (χ4v) is 2.48. The number of hydrogen-bond donors (Lipinski definition) is 1. The molecule has 2 heterocycles. The molecule has 1 aromatic rings. The maximum atomic E-state index is 5.15. The Morgan fingerprint density at radius 2 is 2.28 bits per heavy atom. The van der Waals surface area contributed by atoms with Crippen LogP contribution in [0.4, 0.5) is 5.95 Å². The average Bonchev–Trinajstić information content (AvgIpc) is 2.97. The maximum Gasteiger partial charge on any atom is 0.263 e. The third-order valence-corrected chi connectivity index (χ3v) is 3.39. The van der Waals surface area contributed by atoms with E-state index >= 15 is 0 Å². The summed E-state index contributed by atoms with van der Waals surface area (Å²) in [5.74, 6) is 2.09. The van der Waals surface area contributed by atoms with Gasteiger partial charge in [0.15, 0.2) is 0 Å². The summed E-state index contributed by atoms with van der Waals surface area (Å²) in [7, 11) is 0. The number of anilines is 1. The normalized spacial score (nSPS) is 20.4. The third kappa shape index (κ3) is 3.70. The Kier molecular flexibility index (Phi) is 4.99. The number of hydrogen-bond acceptors (Lipinski definition) is 5. The Balaban J connectivity index is 1.71. The van der Waals surface area contributed by atoms with Gasteiger partial charge in [-0.2, -0.15) is 4.98 Å². The second kappa shape index (κ2) is 6.73. The Morgan fingerprint density at radius 3 is 3.06 bits per heavy atom. The van der Waals surface area contributed by atoms with Crippen LogP contribution in [0.3, 0.4) is 0 Å². The van der Waals surface area contributed by atoms with E-state index in [2.05, 4.69) is 34.2 Å². The van der Waals surface area contributed by atoms with Gasteiger partial charge in [0.25, 0.3) is 5.95 Å². The van der Waals surface area contributed by atoms with Crippen molar-refractivity contribution in [2.24, 2.45) is 5.92 Å². The van der Waals surface area contributed by atoms with Gasteiger partial charge in [0.2, 0.25) is 5.89 Å². The molecule has 5 heteroatoms. The molecule has 1 aliphatic rings. The summed E-state index contributed by atoms with van der Waals surface area (Å²) in [4.78, 5) is 6.85. The van der Waals surface area contributed by atoms with Gasteiger partial charge >= 0.3 is 0 Å². The number of nitrogens with zero attached hydrogens (tertiary/aromatic N) is 3. The van der Waals surface area contributed by atoms with E-state index < -0.39 is 0 Å². The SMILES string of the molecule is CCCc1nc(NC[C@H]2CCN(CCC)C2)no1. The highest BCUT2D eigenvalue weighted by Crippen LogP contribution is 2.16. The lowest BCUT2D eigenvalue weighted by molar-refractivity contribution is 0.327. The van der Waals surface area contributed by atoms with Crippen LogP contribution in [-0.4, -0.2) is 41.2 Å². The molecule has 1 N–H and O–H groups in total. The Bertz CT molecular complexity index is 353. The first-order chi connectivity index (χ1) is 8.81. The van der Waals surface area contributed by atoms with Crippen LogP contribution in [-0.2, 0) is 6.42 Å². The molecule has 1 fully saturated rings. The molecular weight excluding hydrogens is 228 g/mol.